The van der Waals surface area contributed by atoms with Gasteiger partial charge in [-0.05, 0) is 18.9 Å². The minimum Gasteiger partial charge on any atom is -0.446 e. The molecule has 0 bridgehead atoms. The molecule has 0 aromatic carbocycles. The number of aromatic nitrogens is 1. The van der Waals surface area contributed by atoms with E-state index in [1.54, 1.807) is 18.3 Å². The number of nitrogens with zero attached hydrogens (tertiary/aromatic N) is 2. The van der Waals surface area contributed by atoms with Crippen LogP contribution in [0.25, 0.3) is 0 Å². The van der Waals surface area contributed by atoms with Gasteiger partial charge in [0.25, 0.3) is 0 Å². The Morgan fingerprint density at radius 3 is 3.07 bits per heavy atom. The fraction of sp³-hybridized carbons (Fsp3) is 0.400. The molecule has 0 atom stereocenters. The summed E-state index contributed by atoms with van der Waals surface area (Å²) in [6.45, 7) is -0.228. The van der Waals surface area contributed by atoms with Crippen molar-refractivity contribution in [2.75, 3.05) is 12.3 Å². The van der Waals surface area contributed by atoms with Gasteiger partial charge in [0.05, 0.1) is 5.69 Å². The highest BCUT2D eigenvalue weighted by Crippen LogP contribution is 2.37. The van der Waals surface area contributed by atoms with Crippen LogP contribution in [-0.2, 0) is 4.74 Å². The first-order valence-corrected chi connectivity index (χ1v) is 4.74. The monoisotopic (exact) mass is 205 g/mol. The minimum absolute atomic E-state index is 0.228. The third-order valence-corrected chi connectivity index (χ3v) is 2.29. The van der Waals surface area contributed by atoms with Gasteiger partial charge in [-0.1, -0.05) is 0 Å². The third-order valence-electron chi connectivity index (χ3n) is 2.29. The zero-order valence-electron chi connectivity index (χ0n) is 8.14. The maximum Gasteiger partial charge on any atom is 0.356 e. The maximum absolute atomic E-state index is 11.5. The van der Waals surface area contributed by atoms with Crippen LogP contribution < -0.4 is 5.73 Å². The van der Waals surface area contributed by atoms with Crippen molar-refractivity contribution in [2.24, 2.45) is 0 Å². The van der Waals surface area contributed by atoms with Crippen molar-refractivity contribution in [3.8, 4) is 6.07 Å². The molecule has 2 N–H and O–H groups in total. The average molecular weight is 205 g/mol. The van der Waals surface area contributed by atoms with E-state index in [0.29, 0.717) is 17.4 Å². The van der Waals surface area contributed by atoms with Crippen molar-refractivity contribution in [3.05, 3.63) is 18.0 Å². The van der Waals surface area contributed by atoms with Crippen LogP contribution in [0.5, 0.6) is 0 Å². The van der Waals surface area contributed by atoms with Crippen LogP contribution in [0.1, 0.15) is 29.4 Å². The van der Waals surface area contributed by atoms with E-state index in [4.69, 9.17) is 15.7 Å². The Kier molecular flexibility index (Phi) is 2.34. The number of nitrogens with two attached hydrogens (primary N) is 1. The average Bonchev–Trinajstić information content (AvgIpc) is 2.98. The molecular formula is C10H11N3O2. The van der Waals surface area contributed by atoms with Gasteiger partial charge in [0.2, 0.25) is 0 Å². The lowest BCUT2D eigenvalue weighted by Crippen LogP contribution is -2.11. The molecule has 0 amide bonds. The second kappa shape index (κ2) is 3.65. The van der Waals surface area contributed by atoms with Crippen LogP contribution in [0.15, 0.2) is 12.3 Å². The van der Waals surface area contributed by atoms with Crippen molar-refractivity contribution < 1.29 is 9.53 Å². The summed E-state index contributed by atoms with van der Waals surface area (Å²) in [6.07, 6.45) is 3.86. The molecule has 0 unspecified atom stereocenters. The first-order chi connectivity index (χ1) is 7.22. The summed E-state index contributed by atoms with van der Waals surface area (Å²) in [7, 11) is 0. The predicted octanol–water partition coefficient (Wildman–Crippen LogP) is 1.09. The molecule has 1 saturated carbocycles. The molecule has 0 spiro atoms. The normalized spacial score (nSPS) is 14.6. The van der Waals surface area contributed by atoms with Gasteiger partial charge < -0.3 is 15.0 Å². The van der Waals surface area contributed by atoms with Crippen LogP contribution in [0.2, 0.25) is 0 Å². The number of ether oxygens (including phenoxy) is 1. The first-order valence-electron chi connectivity index (χ1n) is 4.74. The number of esters is 1. The number of carbonyl (C=O) groups excluding carboxylic acids is 1. The Bertz CT molecular complexity index is 426. The van der Waals surface area contributed by atoms with E-state index in [0.717, 1.165) is 12.8 Å². The summed E-state index contributed by atoms with van der Waals surface area (Å²) in [5.74, 6) is -0.486. The van der Waals surface area contributed by atoms with Crippen LogP contribution in [0.3, 0.4) is 0 Å². The highest BCUT2D eigenvalue weighted by molar-refractivity contribution is 5.89. The van der Waals surface area contributed by atoms with E-state index in [1.807, 2.05) is 4.57 Å². The molecule has 0 radical (unpaired) electrons. The predicted molar refractivity (Wildman–Crippen MR) is 53.0 cm³/mol. The number of nitriles is 1. The number of hydrogen-bond acceptors (Lipinski definition) is 4. The van der Waals surface area contributed by atoms with Gasteiger partial charge in [-0.3, -0.25) is 0 Å². The van der Waals surface area contributed by atoms with Gasteiger partial charge in [-0.15, -0.1) is 0 Å². The second-order valence-electron chi connectivity index (χ2n) is 3.53. The lowest BCUT2D eigenvalue weighted by Gasteiger charge is -2.05. The number of carbonyl (C=O) groups is 1. The lowest BCUT2D eigenvalue weighted by atomic mass is 10.4. The molecule has 5 nitrogen and oxygen atoms in total. The van der Waals surface area contributed by atoms with E-state index < -0.39 is 5.97 Å². The van der Waals surface area contributed by atoms with Crippen molar-refractivity contribution in [2.45, 2.75) is 18.9 Å². The zero-order valence-corrected chi connectivity index (χ0v) is 8.14. The largest absolute Gasteiger partial charge is 0.446 e. The molecule has 78 valence electrons. The SMILES string of the molecule is N#CCOC(=O)c1cc(N)cn1C1CC1. The van der Waals surface area contributed by atoms with Crippen LogP contribution >= 0.6 is 0 Å². The molecular weight excluding hydrogens is 194 g/mol. The van der Waals surface area contributed by atoms with Gasteiger partial charge in [-0.25, -0.2) is 4.79 Å². The second-order valence-corrected chi connectivity index (χ2v) is 3.53. The highest BCUT2D eigenvalue weighted by atomic mass is 16.5. The van der Waals surface area contributed by atoms with Crippen molar-refractivity contribution >= 4 is 11.7 Å². The molecule has 1 aromatic rings. The van der Waals surface area contributed by atoms with E-state index in [-0.39, 0.29) is 6.61 Å². The molecule has 2 rings (SSSR count). The molecule has 1 aromatic heterocycles. The van der Waals surface area contributed by atoms with Crippen molar-refractivity contribution in [1.82, 2.24) is 4.57 Å². The summed E-state index contributed by atoms with van der Waals surface area (Å²) in [6, 6.07) is 3.70. The van der Waals surface area contributed by atoms with E-state index in [1.165, 1.54) is 0 Å². The summed E-state index contributed by atoms with van der Waals surface area (Å²) < 4.78 is 6.56. The number of rotatable bonds is 3. The summed E-state index contributed by atoms with van der Waals surface area (Å²) in [5, 5.41) is 8.30. The van der Waals surface area contributed by atoms with Gasteiger partial charge in [-0.2, -0.15) is 5.26 Å². The van der Waals surface area contributed by atoms with Gasteiger partial charge in [0.15, 0.2) is 6.61 Å². The van der Waals surface area contributed by atoms with Crippen LogP contribution in [0.4, 0.5) is 5.69 Å². The minimum atomic E-state index is -0.486. The van der Waals surface area contributed by atoms with E-state index in [9.17, 15) is 4.79 Å². The third kappa shape index (κ3) is 1.94. The molecule has 15 heavy (non-hydrogen) atoms. The fourth-order valence-electron chi connectivity index (χ4n) is 1.49. The van der Waals surface area contributed by atoms with Gasteiger partial charge >= 0.3 is 5.97 Å². The Morgan fingerprint density at radius 2 is 2.47 bits per heavy atom. The fourth-order valence-corrected chi connectivity index (χ4v) is 1.49. The molecule has 1 aliphatic carbocycles. The summed E-state index contributed by atoms with van der Waals surface area (Å²) in [5.41, 5.74) is 6.60. The molecule has 0 aliphatic heterocycles. The van der Waals surface area contributed by atoms with Crippen molar-refractivity contribution in [1.29, 1.82) is 5.26 Å². The molecule has 1 heterocycles. The molecule has 5 heteroatoms. The van der Waals surface area contributed by atoms with Crippen molar-refractivity contribution in [3.63, 3.8) is 0 Å². The number of anilines is 1. The number of hydrogen-bond donors (Lipinski definition) is 1. The number of nitrogen functional groups attached to an aromatic ring is 1. The smallest absolute Gasteiger partial charge is 0.356 e. The van der Waals surface area contributed by atoms with Gasteiger partial charge in [0.1, 0.15) is 11.8 Å². The Morgan fingerprint density at radius 1 is 1.73 bits per heavy atom. The maximum atomic E-state index is 11.5. The summed E-state index contributed by atoms with van der Waals surface area (Å²) in [4.78, 5) is 11.5. The van der Waals surface area contributed by atoms with E-state index in [2.05, 4.69) is 0 Å². The Balaban J connectivity index is 2.19. The summed E-state index contributed by atoms with van der Waals surface area (Å²) >= 11 is 0. The van der Waals surface area contributed by atoms with E-state index >= 15 is 0 Å². The lowest BCUT2D eigenvalue weighted by molar-refractivity contribution is 0.0542. The van der Waals surface area contributed by atoms with Crippen LogP contribution in [-0.4, -0.2) is 17.1 Å². The standard InChI is InChI=1S/C10H11N3O2/c11-3-4-15-10(14)9-5-7(12)6-13(9)8-1-2-8/h5-6,8H,1-2,4,12H2. The quantitative estimate of drug-likeness (QED) is 0.749. The Labute approximate surface area is 87.0 Å². The van der Waals surface area contributed by atoms with Crippen LogP contribution in [0, 0.1) is 11.3 Å². The Hall–Kier alpha value is -1.96. The molecule has 1 aliphatic rings. The first kappa shape index (κ1) is 9.59. The molecule has 0 saturated heterocycles. The molecule has 1 fully saturated rings. The topological polar surface area (TPSA) is 81.0 Å². The highest BCUT2D eigenvalue weighted by Gasteiger charge is 2.28. The zero-order chi connectivity index (χ0) is 10.8. The van der Waals surface area contributed by atoms with Gasteiger partial charge in [0, 0.05) is 12.2 Å².